The number of halogens is 1. The first-order valence-corrected chi connectivity index (χ1v) is 7.87. The fourth-order valence-corrected chi connectivity index (χ4v) is 2.80. The Morgan fingerprint density at radius 1 is 1.09 bits per heavy atom. The smallest absolute Gasteiger partial charge is 0.277 e. The third kappa shape index (κ3) is 3.48. The lowest BCUT2D eigenvalue weighted by Gasteiger charge is -2.06. The van der Waals surface area contributed by atoms with Crippen molar-refractivity contribution in [3.63, 3.8) is 0 Å². The molecular weight excluding hydrogens is 315 g/mol. The van der Waals surface area contributed by atoms with Gasteiger partial charge in [0.1, 0.15) is 5.82 Å². The van der Waals surface area contributed by atoms with E-state index in [4.69, 9.17) is 4.42 Å². The molecule has 0 radical (unpaired) electrons. The molecule has 3 aromatic rings. The summed E-state index contributed by atoms with van der Waals surface area (Å²) in [5.41, 5.74) is 0.871. The summed E-state index contributed by atoms with van der Waals surface area (Å²) in [6.07, 6.45) is 0. The number of thioether (sulfide) groups is 1. The minimum Gasteiger partial charge on any atom is -0.411 e. The van der Waals surface area contributed by atoms with Crippen LogP contribution in [-0.4, -0.2) is 21.2 Å². The van der Waals surface area contributed by atoms with Gasteiger partial charge >= 0.3 is 0 Å². The predicted octanol–water partition coefficient (Wildman–Crippen LogP) is 4.24. The number of Topliss-reactive ketones (excluding diaryl/α,β-unsaturated/α-hetero) is 1. The van der Waals surface area contributed by atoms with Crippen molar-refractivity contribution in [1.29, 1.82) is 0 Å². The Hall–Kier alpha value is -2.47. The summed E-state index contributed by atoms with van der Waals surface area (Å²) in [6.45, 7) is 1.77. The van der Waals surface area contributed by atoms with Gasteiger partial charge in [-0.2, -0.15) is 0 Å². The number of carbonyl (C=O) groups is 1. The molecule has 0 aliphatic heterocycles. The molecule has 0 saturated heterocycles. The van der Waals surface area contributed by atoms with Gasteiger partial charge in [0, 0.05) is 5.56 Å². The van der Waals surface area contributed by atoms with E-state index in [1.165, 1.54) is 6.07 Å². The molecule has 1 unspecified atom stereocenters. The molecule has 23 heavy (non-hydrogen) atoms. The van der Waals surface area contributed by atoms with Crippen molar-refractivity contribution in [2.24, 2.45) is 0 Å². The van der Waals surface area contributed by atoms with Crippen molar-refractivity contribution in [3.05, 3.63) is 66.0 Å². The van der Waals surface area contributed by atoms with Crippen LogP contribution in [0, 0.1) is 5.82 Å². The first kappa shape index (κ1) is 15.4. The van der Waals surface area contributed by atoms with E-state index in [0.29, 0.717) is 5.56 Å². The van der Waals surface area contributed by atoms with E-state index in [2.05, 4.69) is 10.2 Å². The van der Waals surface area contributed by atoms with Gasteiger partial charge in [0.25, 0.3) is 11.1 Å². The second-order valence-electron chi connectivity index (χ2n) is 4.84. The number of aromatic nitrogens is 2. The van der Waals surface area contributed by atoms with Gasteiger partial charge in [0.05, 0.1) is 10.8 Å². The van der Waals surface area contributed by atoms with Gasteiger partial charge in [-0.1, -0.05) is 54.2 Å². The molecule has 4 nitrogen and oxygen atoms in total. The summed E-state index contributed by atoms with van der Waals surface area (Å²) < 4.78 is 19.2. The van der Waals surface area contributed by atoms with Crippen molar-refractivity contribution in [1.82, 2.24) is 10.2 Å². The average molecular weight is 328 g/mol. The number of carbonyl (C=O) groups excluding carboxylic acids is 1. The first-order valence-electron chi connectivity index (χ1n) is 6.99. The number of ketones is 1. The molecule has 0 spiro atoms. The molecule has 0 fully saturated rings. The van der Waals surface area contributed by atoms with Gasteiger partial charge in [0.2, 0.25) is 0 Å². The molecule has 0 aliphatic rings. The number of rotatable bonds is 5. The van der Waals surface area contributed by atoms with Crippen molar-refractivity contribution in [2.45, 2.75) is 17.4 Å². The Bertz CT molecular complexity index is 820. The fraction of sp³-hybridized carbons (Fsp3) is 0.118. The van der Waals surface area contributed by atoms with Crippen LogP contribution >= 0.6 is 11.8 Å². The van der Waals surface area contributed by atoms with E-state index in [9.17, 15) is 9.18 Å². The highest BCUT2D eigenvalue weighted by Gasteiger charge is 2.20. The zero-order valence-corrected chi connectivity index (χ0v) is 13.1. The van der Waals surface area contributed by atoms with Gasteiger partial charge in [0.15, 0.2) is 5.78 Å². The zero-order valence-electron chi connectivity index (χ0n) is 12.3. The van der Waals surface area contributed by atoms with Crippen LogP contribution in [0.5, 0.6) is 0 Å². The SMILES string of the molecule is CC(Sc1nnc(-c2ccccc2F)o1)C(=O)c1ccccc1. The lowest BCUT2D eigenvalue weighted by atomic mass is 10.1. The number of hydrogen-bond donors (Lipinski definition) is 0. The quantitative estimate of drug-likeness (QED) is 0.518. The number of nitrogens with zero attached hydrogens (tertiary/aromatic N) is 2. The largest absolute Gasteiger partial charge is 0.411 e. The molecule has 0 aliphatic carbocycles. The zero-order chi connectivity index (χ0) is 16.2. The summed E-state index contributed by atoms with van der Waals surface area (Å²) >= 11 is 1.16. The van der Waals surface area contributed by atoms with Crippen LogP contribution in [0.2, 0.25) is 0 Å². The molecule has 116 valence electrons. The third-order valence-corrected chi connectivity index (χ3v) is 4.15. The Balaban J connectivity index is 1.74. The summed E-state index contributed by atoms with van der Waals surface area (Å²) in [4.78, 5) is 12.3. The Kier molecular flexibility index (Phi) is 4.52. The van der Waals surface area contributed by atoms with Crippen molar-refractivity contribution in [2.75, 3.05) is 0 Å². The Morgan fingerprint density at radius 2 is 1.78 bits per heavy atom. The normalized spacial score (nSPS) is 12.1. The highest BCUT2D eigenvalue weighted by molar-refractivity contribution is 8.00. The van der Waals surface area contributed by atoms with Crippen LogP contribution in [0.3, 0.4) is 0 Å². The highest BCUT2D eigenvalue weighted by atomic mass is 32.2. The van der Waals surface area contributed by atoms with Gasteiger partial charge in [-0.15, -0.1) is 10.2 Å². The standard InChI is InChI=1S/C17H13FN2O2S/c1-11(15(21)12-7-3-2-4-8-12)23-17-20-19-16(22-17)13-9-5-6-10-14(13)18/h2-11H,1H3. The Morgan fingerprint density at radius 3 is 2.52 bits per heavy atom. The lowest BCUT2D eigenvalue weighted by Crippen LogP contribution is -2.13. The van der Waals surface area contributed by atoms with Crippen LogP contribution in [0.1, 0.15) is 17.3 Å². The highest BCUT2D eigenvalue weighted by Crippen LogP contribution is 2.28. The third-order valence-electron chi connectivity index (χ3n) is 3.22. The fourth-order valence-electron chi connectivity index (χ4n) is 2.04. The van der Waals surface area contributed by atoms with E-state index in [1.54, 1.807) is 37.3 Å². The molecule has 0 saturated carbocycles. The monoisotopic (exact) mass is 328 g/mol. The number of hydrogen-bond acceptors (Lipinski definition) is 5. The van der Waals surface area contributed by atoms with E-state index in [0.717, 1.165) is 11.8 Å². The van der Waals surface area contributed by atoms with Crippen LogP contribution < -0.4 is 0 Å². The molecule has 1 atom stereocenters. The minimum atomic E-state index is -0.430. The van der Waals surface area contributed by atoms with Gasteiger partial charge in [-0.05, 0) is 19.1 Å². The van der Waals surface area contributed by atoms with Gasteiger partial charge in [-0.3, -0.25) is 4.79 Å². The van der Waals surface area contributed by atoms with E-state index in [1.807, 2.05) is 18.2 Å². The topological polar surface area (TPSA) is 56.0 Å². The van der Waals surface area contributed by atoms with Gasteiger partial charge < -0.3 is 4.42 Å². The first-order chi connectivity index (χ1) is 11.1. The van der Waals surface area contributed by atoms with Crippen LogP contribution in [0.4, 0.5) is 4.39 Å². The molecule has 0 amide bonds. The maximum Gasteiger partial charge on any atom is 0.277 e. The van der Waals surface area contributed by atoms with Crippen molar-refractivity contribution < 1.29 is 13.6 Å². The molecule has 2 aromatic carbocycles. The molecule has 0 N–H and O–H groups in total. The molecule has 1 aromatic heterocycles. The van der Waals surface area contributed by atoms with Crippen LogP contribution in [0.25, 0.3) is 11.5 Å². The molecular formula is C17H13FN2O2S. The number of benzene rings is 2. The summed E-state index contributed by atoms with van der Waals surface area (Å²) in [6, 6.07) is 15.2. The summed E-state index contributed by atoms with van der Waals surface area (Å²) in [5.74, 6) is -0.354. The average Bonchev–Trinajstić information content (AvgIpc) is 3.03. The van der Waals surface area contributed by atoms with Crippen molar-refractivity contribution in [3.8, 4) is 11.5 Å². The van der Waals surface area contributed by atoms with Crippen LogP contribution in [-0.2, 0) is 0 Å². The molecule has 6 heteroatoms. The maximum atomic E-state index is 13.7. The predicted molar refractivity (Wildman–Crippen MR) is 85.8 cm³/mol. The summed E-state index contributed by atoms with van der Waals surface area (Å²) in [5, 5.41) is 7.57. The van der Waals surface area contributed by atoms with E-state index >= 15 is 0 Å². The molecule has 1 heterocycles. The van der Waals surface area contributed by atoms with E-state index in [-0.39, 0.29) is 27.7 Å². The van der Waals surface area contributed by atoms with Crippen LogP contribution in [0.15, 0.2) is 64.2 Å². The van der Waals surface area contributed by atoms with Gasteiger partial charge in [-0.25, -0.2) is 4.39 Å². The second-order valence-corrected chi connectivity index (χ2v) is 6.14. The lowest BCUT2D eigenvalue weighted by molar-refractivity contribution is 0.0993. The maximum absolute atomic E-state index is 13.7. The van der Waals surface area contributed by atoms with Crippen molar-refractivity contribution >= 4 is 17.5 Å². The molecule has 3 rings (SSSR count). The second kappa shape index (κ2) is 6.75. The molecule has 0 bridgehead atoms. The summed E-state index contributed by atoms with van der Waals surface area (Å²) in [7, 11) is 0. The Labute approximate surface area is 136 Å². The van der Waals surface area contributed by atoms with E-state index < -0.39 is 5.82 Å². The minimum absolute atomic E-state index is 0.0266.